The summed E-state index contributed by atoms with van der Waals surface area (Å²) in [5.74, 6) is 0.441. The Hall–Kier alpha value is -2.24. The van der Waals surface area contributed by atoms with Gasteiger partial charge in [0.25, 0.3) is 0 Å². The Morgan fingerprint density at radius 1 is 1.21 bits per heavy atom. The van der Waals surface area contributed by atoms with Crippen LogP contribution < -0.4 is 0 Å². The summed E-state index contributed by atoms with van der Waals surface area (Å²) in [6, 6.07) is 12.3. The van der Waals surface area contributed by atoms with Crippen LogP contribution in [0.4, 0.5) is 0 Å². The van der Waals surface area contributed by atoms with Gasteiger partial charge in [0.15, 0.2) is 0 Å². The van der Waals surface area contributed by atoms with Crippen LogP contribution in [0.1, 0.15) is 24.8 Å². The van der Waals surface area contributed by atoms with Gasteiger partial charge in [-0.25, -0.2) is 0 Å². The number of hydrogen-bond donors (Lipinski definition) is 1. The number of carbonyl (C=O) groups excluding carboxylic acids is 1. The summed E-state index contributed by atoms with van der Waals surface area (Å²) >= 11 is 0. The van der Waals surface area contributed by atoms with E-state index in [4.69, 9.17) is 4.74 Å². The smallest absolute Gasteiger partial charge is 0.229 e. The number of pyridine rings is 1. The highest BCUT2D eigenvalue weighted by Crippen LogP contribution is 2.40. The molecule has 2 fully saturated rings. The molecule has 3 heterocycles. The fourth-order valence-electron chi connectivity index (χ4n) is 4.57. The van der Waals surface area contributed by atoms with Crippen LogP contribution >= 0.6 is 0 Å². The van der Waals surface area contributed by atoms with E-state index in [1.54, 1.807) is 6.20 Å². The summed E-state index contributed by atoms with van der Waals surface area (Å²) in [4.78, 5) is 19.8. The maximum atomic E-state index is 13.6. The molecule has 1 aromatic carbocycles. The zero-order chi connectivity index (χ0) is 19.4. The second-order valence-corrected chi connectivity index (χ2v) is 8.06. The molecular weight excluding hydrogens is 352 g/mol. The number of rotatable bonds is 5. The Morgan fingerprint density at radius 3 is 2.75 bits per heavy atom. The lowest BCUT2D eigenvalue weighted by Crippen LogP contribution is -2.47. The molecule has 1 amide bonds. The number of aliphatic hydroxyl groups excluding tert-OH is 1. The molecule has 0 aliphatic carbocycles. The average molecular weight is 380 g/mol. The van der Waals surface area contributed by atoms with Crippen LogP contribution in [0.15, 0.2) is 48.8 Å². The van der Waals surface area contributed by atoms with Gasteiger partial charge in [0.2, 0.25) is 5.91 Å². The molecule has 2 saturated heterocycles. The second kappa shape index (κ2) is 8.41. The molecule has 0 unspecified atom stereocenters. The van der Waals surface area contributed by atoms with Gasteiger partial charge in [-0.1, -0.05) is 30.3 Å². The fourth-order valence-corrected chi connectivity index (χ4v) is 4.57. The molecule has 2 aliphatic heterocycles. The van der Waals surface area contributed by atoms with E-state index in [9.17, 15) is 9.90 Å². The third kappa shape index (κ3) is 3.82. The number of carbonyl (C=O) groups is 1. The monoisotopic (exact) mass is 380 g/mol. The summed E-state index contributed by atoms with van der Waals surface area (Å²) in [6.45, 7) is 2.82. The maximum Gasteiger partial charge on any atom is 0.229 e. The largest absolute Gasteiger partial charge is 0.396 e. The second-order valence-electron chi connectivity index (χ2n) is 8.06. The minimum absolute atomic E-state index is 0.156. The lowest BCUT2D eigenvalue weighted by Gasteiger charge is -2.39. The zero-order valence-electron chi connectivity index (χ0n) is 16.2. The van der Waals surface area contributed by atoms with Crippen molar-refractivity contribution in [1.82, 2.24) is 9.88 Å². The van der Waals surface area contributed by atoms with Gasteiger partial charge in [-0.15, -0.1) is 0 Å². The molecule has 1 N–H and O–H groups in total. The topological polar surface area (TPSA) is 62.7 Å². The van der Waals surface area contributed by atoms with Crippen LogP contribution in [0.2, 0.25) is 0 Å². The number of nitrogens with zero attached hydrogens (tertiary/aromatic N) is 2. The third-order valence-electron chi connectivity index (χ3n) is 6.25. The summed E-state index contributed by atoms with van der Waals surface area (Å²) in [5, 5.41) is 9.47. The molecule has 4 rings (SSSR count). The Balaban J connectivity index is 1.64. The van der Waals surface area contributed by atoms with Crippen LogP contribution in [0.3, 0.4) is 0 Å². The number of likely N-dealkylation sites (tertiary alicyclic amines) is 1. The first-order chi connectivity index (χ1) is 13.7. The predicted octanol–water partition coefficient (Wildman–Crippen LogP) is 2.93. The van der Waals surface area contributed by atoms with Crippen molar-refractivity contribution in [2.75, 3.05) is 32.9 Å². The molecular formula is C23H28N2O3. The van der Waals surface area contributed by atoms with Crippen molar-refractivity contribution in [3.05, 3.63) is 54.4 Å². The fraction of sp³-hybridized carbons (Fsp3) is 0.478. The van der Waals surface area contributed by atoms with Gasteiger partial charge in [0.05, 0.1) is 5.41 Å². The normalized spacial score (nSPS) is 21.6. The van der Waals surface area contributed by atoms with Crippen molar-refractivity contribution in [1.29, 1.82) is 0 Å². The number of ether oxygens (including phenoxy) is 1. The van der Waals surface area contributed by atoms with E-state index in [-0.39, 0.29) is 18.4 Å². The molecule has 148 valence electrons. The first kappa shape index (κ1) is 19.1. The Kier molecular flexibility index (Phi) is 5.74. The molecule has 5 nitrogen and oxygen atoms in total. The Morgan fingerprint density at radius 2 is 2.04 bits per heavy atom. The van der Waals surface area contributed by atoms with E-state index in [1.807, 2.05) is 29.3 Å². The van der Waals surface area contributed by atoms with E-state index < -0.39 is 5.41 Å². The number of aromatic nitrogens is 1. The molecule has 1 aromatic heterocycles. The first-order valence-corrected chi connectivity index (χ1v) is 10.2. The van der Waals surface area contributed by atoms with E-state index in [2.05, 4.69) is 23.2 Å². The molecule has 1 atom stereocenters. The molecule has 0 saturated carbocycles. The van der Waals surface area contributed by atoms with Crippen LogP contribution in [0, 0.1) is 11.3 Å². The van der Waals surface area contributed by atoms with E-state index in [0.717, 1.165) is 36.9 Å². The van der Waals surface area contributed by atoms with Gasteiger partial charge in [0.1, 0.15) is 0 Å². The van der Waals surface area contributed by atoms with Gasteiger partial charge < -0.3 is 14.7 Å². The van der Waals surface area contributed by atoms with E-state index in [1.165, 1.54) is 5.56 Å². The zero-order valence-corrected chi connectivity index (χ0v) is 16.2. The molecule has 28 heavy (non-hydrogen) atoms. The summed E-state index contributed by atoms with van der Waals surface area (Å²) in [7, 11) is 0. The minimum Gasteiger partial charge on any atom is -0.396 e. The van der Waals surface area contributed by atoms with E-state index >= 15 is 0 Å². The van der Waals surface area contributed by atoms with Crippen molar-refractivity contribution < 1.29 is 14.6 Å². The van der Waals surface area contributed by atoms with Crippen molar-refractivity contribution in [3.63, 3.8) is 0 Å². The lowest BCUT2D eigenvalue weighted by atomic mass is 9.73. The van der Waals surface area contributed by atoms with Gasteiger partial charge in [-0.05, 0) is 42.9 Å². The molecule has 0 bridgehead atoms. The van der Waals surface area contributed by atoms with Gasteiger partial charge >= 0.3 is 0 Å². The molecule has 5 heteroatoms. The highest BCUT2D eigenvalue weighted by atomic mass is 16.5. The lowest BCUT2D eigenvalue weighted by molar-refractivity contribution is -0.147. The SMILES string of the molecule is O=C(N1CC[C@H](CO)C1)C1(Cc2ccccc2-c2cccnc2)CCOCC1. The minimum atomic E-state index is -0.430. The van der Waals surface area contributed by atoms with Gasteiger partial charge in [0, 0.05) is 56.8 Å². The summed E-state index contributed by atoms with van der Waals surface area (Å²) in [6.07, 6.45) is 6.74. The highest BCUT2D eigenvalue weighted by Gasteiger charge is 2.44. The predicted molar refractivity (Wildman–Crippen MR) is 108 cm³/mol. The molecule has 0 spiro atoms. The van der Waals surface area contributed by atoms with Crippen LogP contribution in [0.25, 0.3) is 11.1 Å². The van der Waals surface area contributed by atoms with Gasteiger partial charge in [-0.3, -0.25) is 9.78 Å². The van der Waals surface area contributed by atoms with Crippen molar-refractivity contribution in [2.24, 2.45) is 11.3 Å². The molecule has 2 aromatic rings. The van der Waals surface area contributed by atoms with Crippen LogP contribution in [-0.4, -0.2) is 53.8 Å². The van der Waals surface area contributed by atoms with Crippen molar-refractivity contribution in [2.45, 2.75) is 25.7 Å². The average Bonchev–Trinajstić information content (AvgIpc) is 3.24. The summed E-state index contributed by atoms with van der Waals surface area (Å²) in [5.41, 5.74) is 2.97. The number of benzene rings is 1. The van der Waals surface area contributed by atoms with Crippen LogP contribution in [-0.2, 0) is 16.0 Å². The maximum absolute atomic E-state index is 13.6. The van der Waals surface area contributed by atoms with Crippen LogP contribution in [0.5, 0.6) is 0 Å². The van der Waals surface area contributed by atoms with E-state index in [0.29, 0.717) is 26.2 Å². The first-order valence-electron chi connectivity index (χ1n) is 10.2. The standard InChI is InChI=1S/C23H28N2O3/c26-17-18-7-11-25(16-18)22(27)23(8-12-28-13-9-23)14-19-4-1-2-6-21(19)20-5-3-10-24-15-20/h1-6,10,15,18,26H,7-9,11-14,16-17H2/t18-/m0/s1. The summed E-state index contributed by atoms with van der Waals surface area (Å²) < 4.78 is 5.61. The molecule has 2 aliphatic rings. The quantitative estimate of drug-likeness (QED) is 0.866. The van der Waals surface area contributed by atoms with Crippen molar-refractivity contribution in [3.8, 4) is 11.1 Å². The third-order valence-corrected chi connectivity index (χ3v) is 6.25. The number of aliphatic hydroxyl groups is 1. The Labute approximate surface area is 166 Å². The highest BCUT2D eigenvalue weighted by molar-refractivity contribution is 5.84. The van der Waals surface area contributed by atoms with Crippen molar-refractivity contribution >= 4 is 5.91 Å². The Bertz CT molecular complexity index is 803. The molecule has 0 radical (unpaired) electrons. The number of amides is 1. The van der Waals surface area contributed by atoms with Gasteiger partial charge in [-0.2, -0.15) is 0 Å². The number of hydrogen-bond acceptors (Lipinski definition) is 4.